The molecule has 1 saturated heterocycles. The fourth-order valence-electron chi connectivity index (χ4n) is 3.03. The normalized spacial score (nSPS) is 14.2. The molecule has 1 aliphatic rings. The average molecular weight is 446 g/mol. The molecule has 0 N–H and O–H groups in total. The number of nitrogens with zero attached hydrogens (tertiary/aromatic N) is 3. The Balaban J connectivity index is 1.71. The lowest BCUT2D eigenvalue weighted by Crippen LogP contribution is -2.49. The van der Waals surface area contributed by atoms with Crippen LogP contribution in [0.25, 0.3) is 6.08 Å². The van der Waals surface area contributed by atoms with Crippen LogP contribution in [0, 0.1) is 10.1 Å². The predicted octanol–water partition coefficient (Wildman–Crippen LogP) is 4.10. The van der Waals surface area contributed by atoms with E-state index in [0.29, 0.717) is 41.7 Å². The molecule has 2 aromatic rings. The fourth-order valence-corrected chi connectivity index (χ4v) is 4.20. The number of carbonyl (C=O) groups is 2. The highest BCUT2D eigenvalue weighted by atomic mass is 35.5. The van der Waals surface area contributed by atoms with Crippen molar-refractivity contribution >= 4 is 46.9 Å². The summed E-state index contributed by atoms with van der Waals surface area (Å²) in [5.74, 6) is -0.185. The van der Waals surface area contributed by atoms with Gasteiger partial charge in [-0.2, -0.15) is 0 Å². The first-order valence-corrected chi connectivity index (χ1v) is 10.5. The third kappa shape index (κ3) is 5.40. The van der Waals surface area contributed by atoms with Crippen LogP contribution in [0.5, 0.6) is 0 Å². The van der Waals surface area contributed by atoms with E-state index in [4.69, 9.17) is 11.6 Å². The van der Waals surface area contributed by atoms with Crippen LogP contribution in [0.2, 0.25) is 5.02 Å². The van der Waals surface area contributed by atoms with Crippen LogP contribution in [-0.2, 0) is 9.59 Å². The third-order valence-electron chi connectivity index (χ3n) is 4.69. The fraction of sp³-hybridized carbons (Fsp3) is 0.238. The van der Waals surface area contributed by atoms with E-state index in [2.05, 4.69) is 0 Å². The molecule has 7 nitrogen and oxygen atoms in total. The number of carbonyl (C=O) groups excluding carboxylic acids is 2. The van der Waals surface area contributed by atoms with E-state index in [9.17, 15) is 19.7 Å². The molecular weight excluding hydrogens is 426 g/mol. The molecule has 1 heterocycles. The zero-order chi connectivity index (χ0) is 21.7. The minimum Gasteiger partial charge on any atom is -0.339 e. The number of nitro benzene ring substituents is 1. The number of benzene rings is 2. The molecule has 156 valence electrons. The van der Waals surface area contributed by atoms with Gasteiger partial charge in [-0.25, -0.2) is 0 Å². The van der Waals surface area contributed by atoms with E-state index in [1.165, 1.54) is 30.8 Å². The lowest BCUT2D eigenvalue weighted by Gasteiger charge is -2.33. The van der Waals surface area contributed by atoms with Gasteiger partial charge in [-0.3, -0.25) is 19.7 Å². The molecule has 2 aromatic carbocycles. The Morgan fingerprint density at radius 1 is 1.07 bits per heavy atom. The van der Waals surface area contributed by atoms with Gasteiger partial charge in [-0.1, -0.05) is 41.6 Å². The summed E-state index contributed by atoms with van der Waals surface area (Å²) in [7, 11) is 0. The molecule has 1 fully saturated rings. The van der Waals surface area contributed by atoms with Gasteiger partial charge in [0.15, 0.2) is 0 Å². The first kappa shape index (κ1) is 21.9. The first-order valence-electron chi connectivity index (χ1n) is 9.28. The maximum Gasteiger partial charge on any atom is 0.283 e. The van der Waals surface area contributed by atoms with Gasteiger partial charge in [-0.15, -0.1) is 0 Å². The van der Waals surface area contributed by atoms with Crippen LogP contribution in [0.4, 0.5) is 5.69 Å². The van der Waals surface area contributed by atoms with Crippen molar-refractivity contribution in [3.8, 4) is 0 Å². The third-order valence-corrected chi connectivity index (χ3v) is 6.27. The summed E-state index contributed by atoms with van der Waals surface area (Å²) in [6, 6.07) is 12.0. The second-order valence-electron chi connectivity index (χ2n) is 6.68. The summed E-state index contributed by atoms with van der Waals surface area (Å²) >= 11 is 7.38. The van der Waals surface area contributed by atoms with Crippen molar-refractivity contribution in [2.75, 3.05) is 26.2 Å². The smallest absolute Gasteiger partial charge is 0.283 e. The molecule has 0 spiro atoms. The summed E-state index contributed by atoms with van der Waals surface area (Å²) in [4.78, 5) is 39.4. The number of nitro groups is 1. The largest absolute Gasteiger partial charge is 0.339 e. The highest BCUT2D eigenvalue weighted by Gasteiger charge is 2.21. The van der Waals surface area contributed by atoms with Crippen LogP contribution in [0.1, 0.15) is 12.5 Å². The predicted molar refractivity (Wildman–Crippen MR) is 117 cm³/mol. The summed E-state index contributed by atoms with van der Waals surface area (Å²) in [5, 5.41) is 12.1. The molecule has 0 saturated carbocycles. The maximum absolute atomic E-state index is 12.4. The van der Waals surface area contributed by atoms with Crippen molar-refractivity contribution in [2.45, 2.75) is 16.7 Å². The highest BCUT2D eigenvalue weighted by molar-refractivity contribution is 7.99. The Kier molecular flexibility index (Phi) is 7.12. The molecule has 0 aromatic heterocycles. The van der Waals surface area contributed by atoms with E-state index in [-0.39, 0.29) is 17.5 Å². The second kappa shape index (κ2) is 9.77. The molecule has 0 unspecified atom stereocenters. The highest BCUT2D eigenvalue weighted by Crippen LogP contribution is 2.38. The number of piperazine rings is 1. The summed E-state index contributed by atoms with van der Waals surface area (Å²) in [6.07, 6.45) is 2.97. The summed E-state index contributed by atoms with van der Waals surface area (Å²) < 4.78 is 0. The van der Waals surface area contributed by atoms with Gasteiger partial charge < -0.3 is 9.80 Å². The van der Waals surface area contributed by atoms with Crippen molar-refractivity contribution in [3.05, 3.63) is 69.2 Å². The molecule has 1 aliphatic heterocycles. The van der Waals surface area contributed by atoms with Crippen LogP contribution < -0.4 is 0 Å². The van der Waals surface area contributed by atoms with Crippen LogP contribution in [-0.4, -0.2) is 52.7 Å². The second-order valence-corrected chi connectivity index (χ2v) is 8.17. The Morgan fingerprint density at radius 3 is 2.37 bits per heavy atom. The van der Waals surface area contributed by atoms with Crippen molar-refractivity contribution < 1.29 is 14.5 Å². The zero-order valence-corrected chi connectivity index (χ0v) is 17.9. The van der Waals surface area contributed by atoms with Gasteiger partial charge in [0, 0.05) is 50.1 Å². The van der Waals surface area contributed by atoms with Gasteiger partial charge >= 0.3 is 0 Å². The number of rotatable bonds is 5. The van der Waals surface area contributed by atoms with E-state index in [0.717, 1.165) is 4.90 Å². The molecule has 0 bridgehead atoms. The number of halogens is 1. The van der Waals surface area contributed by atoms with Gasteiger partial charge in [-0.05, 0) is 29.8 Å². The molecular formula is C21H20ClN3O4S. The first-order chi connectivity index (χ1) is 14.3. The maximum atomic E-state index is 12.4. The van der Waals surface area contributed by atoms with E-state index >= 15 is 0 Å². The molecule has 0 radical (unpaired) electrons. The molecule has 30 heavy (non-hydrogen) atoms. The average Bonchev–Trinajstić information content (AvgIpc) is 2.74. The van der Waals surface area contributed by atoms with E-state index in [1.54, 1.807) is 46.2 Å². The van der Waals surface area contributed by atoms with Crippen molar-refractivity contribution in [3.63, 3.8) is 0 Å². The van der Waals surface area contributed by atoms with Crippen molar-refractivity contribution in [2.24, 2.45) is 0 Å². The summed E-state index contributed by atoms with van der Waals surface area (Å²) in [5.41, 5.74) is 0.505. The summed E-state index contributed by atoms with van der Waals surface area (Å²) in [6.45, 7) is 3.47. The molecule has 2 amide bonds. The zero-order valence-electron chi connectivity index (χ0n) is 16.3. The van der Waals surface area contributed by atoms with Crippen LogP contribution in [0.15, 0.2) is 58.3 Å². The van der Waals surface area contributed by atoms with Crippen LogP contribution >= 0.6 is 23.4 Å². The van der Waals surface area contributed by atoms with E-state index < -0.39 is 4.92 Å². The van der Waals surface area contributed by atoms with E-state index in [1.807, 2.05) is 6.07 Å². The van der Waals surface area contributed by atoms with Crippen molar-refractivity contribution in [1.29, 1.82) is 0 Å². The Morgan fingerprint density at radius 2 is 1.73 bits per heavy atom. The van der Waals surface area contributed by atoms with Gasteiger partial charge in [0.1, 0.15) is 0 Å². The SMILES string of the molecule is CC(=O)N1CCN(C(=O)/C=C/c2ccc(Sc3ccccc3Cl)c([N+](=O)[O-])c2)CC1. The Bertz CT molecular complexity index is 1000. The Hall–Kier alpha value is -2.84. The molecule has 3 rings (SSSR count). The lowest BCUT2D eigenvalue weighted by molar-refractivity contribution is -0.387. The quantitative estimate of drug-likeness (QED) is 0.393. The van der Waals surface area contributed by atoms with Crippen molar-refractivity contribution in [1.82, 2.24) is 9.80 Å². The molecule has 0 atom stereocenters. The number of hydrogen-bond donors (Lipinski definition) is 0. The standard InChI is InChI=1S/C21H20ClN3O4S/c1-15(26)23-10-12-24(13-11-23)21(27)9-7-16-6-8-20(18(14-16)25(28)29)30-19-5-3-2-4-17(19)22/h2-9,14H,10-13H2,1H3/b9-7+. The minimum atomic E-state index is -0.445. The molecule has 0 aliphatic carbocycles. The van der Waals surface area contributed by atoms with Gasteiger partial charge in [0.05, 0.1) is 14.8 Å². The monoisotopic (exact) mass is 445 g/mol. The van der Waals surface area contributed by atoms with Gasteiger partial charge in [0.25, 0.3) is 5.69 Å². The number of hydrogen-bond acceptors (Lipinski definition) is 5. The topological polar surface area (TPSA) is 83.8 Å². The van der Waals surface area contributed by atoms with Crippen LogP contribution in [0.3, 0.4) is 0 Å². The van der Waals surface area contributed by atoms with Gasteiger partial charge in [0.2, 0.25) is 11.8 Å². The number of amides is 2. The Labute approximate surface area is 183 Å². The molecule has 9 heteroatoms. The lowest BCUT2D eigenvalue weighted by atomic mass is 10.2. The minimum absolute atomic E-state index is 0.000277.